The van der Waals surface area contributed by atoms with Crippen LogP contribution in [0.15, 0.2) is 67.1 Å². The molecule has 3 heterocycles. The number of likely N-dealkylation sites (N-methyl/N-ethyl adjacent to an activating group) is 1. The largest absolute Gasteiger partial charge is 0.325 e. The molecule has 8 heteroatoms. The molecule has 0 aliphatic carbocycles. The van der Waals surface area contributed by atoms with Crippen molar-refractivity contribution in [2.75, 3.05) is 50.0 Å². The average molecular weight is 403 g/mol. The van der Waals surface area contributed by atoms with Gasteiger partial charge in [0, 0.05) is 50.5 Å². The lowest BCUT2D eigenvalue weighted by Crippen LogP contribution is -2.47. The molecule has 0 unspecified atom stereocenters. The number of carbonyl (C=O) groups excluding carboxylic acids is 1. The Kier molecular flexibility index (Phi) is 6.26. The summed E-state index contributed by atoms with van der Waals surface area (Å²) in [5.41, 5.74) is 1.62. The molecular formula is C22H25N7O. The van der Waals surface area contributed by atoms with Gasteiger partial charge in [0.25, 0.3) is 0 Å². The fourth-order valence-electron chi connectivity index (χ4n) is 3.35. The number of anilines is 4. The molecule has 0 saturated carbocycles. The van der Waals surface area contributed by atoms with Crippen LogP contribution in [0, 0.1) is 0 Å². The van der Waals surface area contributed by atoms with Crippen molar-refractivity contribution in [2.24, 2.45) is 0 Å². The van der Waals surface area contributed by atoms with Gasteiger partial charge in [-0.25, -0.2) is 15.0 Å². The molecule has 1 aliphatic rings. The number of hydrogen-bond donors (Lipinski definition) is 1. The lowest BCUT2D eigenvalue weighted by Gasteiger charge is -2.31. The van der Waals surface area contributed by atoms with Gasteiger partial charge in [0.15, 0.2) is 0 Å². The highest BCUT2D eigenvalue weighted by Gasteiger charge is 2.18. The highest BCUT2D eigenvalue weighted by atomic mass is 16.2. The normalized spacial score (nSPS) is 15.0. The van der Waals surface area contributed by atoms with Crippen LogP contribution in [0.1, 0.15) is 0 Å². The van der Waals surface area contributed by atoms with E-state index < -0.39 is 0 Å². The van der Waals surface area contributed by atoms with Gasteiger partial charge in [0.1, 0.15) is 5.82 Å². The van der Waals surface area contributed by atoms with Crippen LogP contribution < -0.4 is 10.2 Å². The van der Waals surface area contributed by atoms with E-state index in [1.54, 1.807) is 24.7 Å². The summed E-state index contributed by atoms with van der Waals surface area (Å²) in [6.45, 7) is 4.23. The van der Waals surface area contributed by atoms with E-state index in [9.17, 15) is 4.79 Å². The number of amides is 1. The molecule has 1 aliphatic heterocycles. The second kappa shape index (κ2) is 9.43. The number of rotatable bonds is 6. The third-order valence-electron chi connectivity index (χ3n) is 5.00. The topological polar surface area (TPSA) is 77.5 Å². The van der Waals surface area contributed by atoms with E-state index in [0.29, 0.717) is 12.5 Å². The van der Waals surface area contributed by atoms with Crippen LogP contribution in [0.5, 0.6) is 0 Å². The third kappa shape index (κ3) is 4.97. The maximum absolute atomic E-state index is 12.4. The van der Waals surface area contributed by atoms with Crippen LogP contribution in [0.4, 0.5) is 23.1 Å². The van der Waals surface area contributed by atoms with Gasteiger partial charge in [0.2, 0.25) is 11.9 Å². The summed E-state index contributed by atoms with van der Waals surface area (Å²) >= 11 is 0. The molecule has 8 nitrogen and oxygen atoms in total. The standard InChI is InChI=1S/C22H25N7O/c1-27-13-15-28(16-14-27)17-21(30)26-18-6-8-19(9-7-18)29(20-5-2-3-10-23-20)22-24-11-4-12-25-22/h2-12H,13-17H2,1H3,(H,26,30). The molecule has 1 N–H and O–H groups in total. The highest BCUT2D eigenvalue weighted by molar-refractivity contribution is 5.92. The SMILES string of the molecule is CN1CCN(CC(=O)Nc2ccc(N(c3ccccn3)c3ncccn3)cc2)CC1. The Labute approximate surface area is 176 Å². The van der Waals surface area contributed by atoms with Crippen molar-refractivity contribution < 1.29 is 4.79 Å². The van der Waals surface area contributed by atoms with E-state index in [1.807, 2.05) is 47.4 Å². The summed E-state index contributed by atoms with van der Waals surface area (Å²) < 4.78 is 0. The molecule has 1 aromatic carbocycles. The summed E-state index contributed by atoms with van der Waals surface area (Å²) in [5.74, 6) is 1.25. The van der Waals surface area contributed by atoms with Gasteiger partial charge >= 0.3 is 0 Å². The van der Waals surface area contributed by atoms with Crippen molar-refractivity contribution in [3.05, 3.63) is 67.1 Å². The second-order valence-corrected chi connectivity index (χ2v) is 7.25. The van der Waals surface area contributed by atoms with E-state index >= 15 is 0 Å². The minimum Gasteiger partial charge on any atom is -0.325 e. The van der Waals surface area contributed by atoms with E-state index in [-0.39, 0.29) is 5.91 Å². The van der Waals surface area contributed by atoms with E-state index in [4.69, 9.17) is 0 Å². The summed E-state index contributed by atoms with van der Waals surface area (Å²) in [6.07, 6.45) is 5.13. The fraction of sp³-hybridized carbons (Fsp3) is 0.273. The zero-order valence-electron chi connectivity index (χ0n) is 17.0. The van der Waals surface area contributed by atoms with Crippen molar-refractivity contribution in [3.63, 3.8) is 0 Å². The molecular weight excluding hydrogens is 378 g/mol. The number of piperazine rings is 1. The Bertz CT molecular complexity index is 903. The monoisotopic (exact) mass is 403 g/mol. The molecule has 1 saturated heterocycles. The first-order chi connectivity index (χ1) is 14.7. The quantitative estimate of drug-likeness (QED) is 0.678. The number of nitrogens with one attached hydrogen (secondary N) is 1. The van der Waals surface area contributed by atoms with Crippen LogP contribution in [0.3, 0.4) is 0 Å². The highest BCUT2D eigenvalue weighted by Crippen LogP contribution is 2.30. The zero-order valence-corrected chi connectivity index (χ0v) is 17.0. The fourth-order valence-corrected chi connectivity index (χ4v) is 3.35. The molecule has 0 bridgehead atoms. The Balaban J connectivity index is 1.46. The summed E-state index contributed by atoms with van der Waals surface area (Å²) in [7, 11) is 2.10. The number of benzene rings is 1. The van der Waals surface area contributed by atoms with Crippen LogP contribution in [0.2, 0.25) is 0 Å². The number of aromatic nitrogens is 3. The van der Waals surface area contributed by atoms with Crippen molar-refractivity contribution in [3.8, 4) is 0 Å². The first-order valence-corrected chi connectivity index (χ1v) is 9.98. The van der Waals surface area contributed by atoms with E-state index in [2.05, 4.69) is 37.1 Å². The molecule has 2 aromatic heterocycles. The molecule has 30 heavy (non-hydrogen) atoms. The maximum atomic E-state index is 12.4. The van der Waals surface area contributed by atoms with Gasteiger partial charge in [0.05, 0.1) is 12.2 Å². The van der Waals surface area contributed by atoms with Gasteiger partial charge in [-0.1, -0.05) is 6.07 Å². The molecule has 4 rings (SSSR count). The molecule has 0 atom stereocenters. The number of carbonyl (C=O) groups is 1. The zero-order chi connectivity index (χ0) is 20.8. The third-order valence-corrected chi connectivity index (χ3v) is 5.00. The summed E-state index contributed by atoms with van der Waals surface area (Å²) in [6, 6.07) is 15.1. The second-order valence-electron chi connectivity index (χ2n) is 7.25. The number of hydrogen-bond acceptors (Lipinski definition) is 7. The number of nitrogens with zero attached hydrogens (tertiary/aromatic N) is 6. The Hall–Kier alpha value is -3.36. The maximum Gasteiger partial charge on any atom is 0.238 e. The van der Waals surface area contributed by atoms with E-state index in [0.717, 1.165) is 43.4 Å². The molecule has 1 amide bonds. The Morgan fingerprint density at radius 2 is 1.63 bits per heavy atom. The van der Waals surface area contributed by atoms with Gasteiger partial charge in [-0.3, -0.25) is 14.6 Å². The summed E-state index contributed by atoms with van der Waals surface area (Å²) in [5, 5.41) is 2.99. The van der Waals surface area contributed by atoms with Gasteiger partial charge in [-0.15, -0.1) is 0 Å². The van der Waals surface area contributed by atoms with Crippen LogP contribution in [0.25, 0.3) is 0 Å². The van der Waals surface area contributed by atoms with Crippen LogP contribution in [-0.4, -0.2) is 70.4 Å². The van der Waals surface area contributed by atoms with Gasteiger partial charge < -0.3 is 10.2 Å². The first-order valence-electron chi connectivity index (χ1n) is 9.98. The van der Waals surface area contributed by atoms with Crippen molar-refractivity contribution in [1.29, 1.82) is 0 Å². The Morgan fingerprint density at radius 3 is 2.30 bits per heavy atom. The van der Waals surface area contributed by atoms with Crippen LogP contribution >= 0.6 is 0 Å². The molecule has 0 radical (unpaired) electrons. The molecule has 0 spiro atoms. The predicted octanol–water partition coefficient (Wildman–Crippen LogP) is 2.53. The van der Waals surface area contributed by atoms with Gasteiger partial charge in [-0.2, -0.15) is 0 Å². The van der Waals surface area contributed by atoms with Crippen molar-refractivity contribution >= 4 is 29.0 Å². The smallest absolute Gasteiger partial charge is 0.238 e. The minimum absolute atomic E-state index is 0.000257. The van der Waals surface area contributed by atoms with Crippen molar-refractivity contribution in [1.82, 2.24) is 24.8 Å². The minimum atomic E-state index is 0.000257. The van der Waals surface area contributed by atoms with Crippen molar-refractivity contribution in [2.45, 2.75) is 0 Å². The Morgan fingerprint density at radius 1 is 0.933 bits per heavy atom. The number of pyridine rings is 1. The lowest BCUT2D eigenvalue weighted by atomic mass is 10.2. The predicted molar refractivity (Wildman–Crippen MR) is 117 cm³/mol. The molecule has 154 valence electrons. The van der Waals surface area contributed by atoms with E-state index in [1.165, 1.54) is 0 Å². The van der Waals surface area contributed by atoms with Crippen LogP contribution in [-0.2, 0) is 4.79 Å². The molecule has 3 aromatic rings. The first kappa shape index (κ1) is 19.9. The lowest BCUT2D eigenvalue weighted by molar-refractivity contribution is -0.117. The summed E-state index contributed by atoms with van der Waals surface area (Å²) in [4.78, 5) is 31.9. The average Bonchev–Trinajstić information content (AvgIpc) is 2.78. The molecule has 1 fully saturated rings. The van der Waals surface area contributed by atoms with Gasteiger partial charge in [-0.05, 0) is 49.5 Å².